The minimum Gasteiger partial charge on any atom is -0.760 e. The third kappa shape index (κ3) is 3.85. The molecule has 1 aliphatic rings. The van der Waals surface area contributed by atoms with Crippen molar-refractivity contribution in [2.75, 3.05) is 18.0 Å². The summed E-state index contributed by atoms with van der Waals surface area (Å²) in [5, 5.41) is 0. The normalized spacial score (nSPS) is 17.2. The second kappa shape index (κ2) is 7.46. The highest BCUT2D eigenvalue weighted by Crippen LogP contribution is 2.30. The Bertz CT molecular complexity index is 706. The molecule has 24 heavy (non-hydrogen) atoms. The maximum Gasteiger partial charge on any atom is 0.205 e. The van der Waals surface area contributed by atoms with Gasteiger partial charge in [-0.3, -0.25) is 4.21 Å². The molecule has 2 heterocycles. The Labute approximate surface area is 145 Å². The lowest BCUT2D eigenvalue weighted by atomic mass is 9.89. The summed E-state index contributed by atoms with van der Waals surface area (Å²) in [4.78, 5) is 6.87. The van der Waals surface area contributed by atoms with E-state index in [1.54, 1.807) is 0 Å². The molecule has 1 N–H and O–H groups in total. The van der Waals surface area contributed by atoms with Gasteiger partial charge in [0.1, 0.15) is 0 Å². The van der Waals surface area contributed by atoms with Gasteiger partial charge in [-0.05, 0) is 36.8 Å². The highest BCUT2D eigenvalue weighted by atomic mass is 32.2. The van der Waals surface area contributed by atoms with Crippen molar-refractivity contribution < 1.29 is 8.76 Å². The number of piperidine rings is 1. The van der Waals surface area contributed by atoms with Crippen LogP contribution in [0.1, 0.15) is 35.6 Å². The molecule has 1 aromatic carbocycles. The monoisotopic (exact) mass is 347 g/mol. The highest BCUT2D eigenvalue weighted by Gasteiger charge is 2.23. The number of hydrogen-bond acceptors (Lipinski definition) is 4. The first-order valence-electron chi connectivity index (χ1n) is 8.19. The number of aromatic nitrogens is 2. The molecule has 1 aromatic heterocycles. The fourth-order valence-corrected chi connectivity index (χ4v) is 3.52. The third-order valence-corrected chi connectivity index (χ3v) is 5.20. The Kier molecular flexibility index (Phi) is 5.33. The number of anilines is 1. The van der Waals surface area contributed by atoms with Crippen molar-refractivity contribution in [1.82, 2.24) is 14.3 Å². The molecule has 7 heteroatoms. The second-order valence-corrected chi connectivity index (χ2v) is 7.08. The number of aryl methyl sites for hydroxylation is 1. The average Bonchev–Trinajstić information content (AvgIpc) is 2.93. The lowest BCUT2D eigenvalue weighted by Gasteiger charge is -2.33. The van der Waals surface area contributed by atoms with Crippen LogP contribution in [0.4, 0.5) is 5.95 Å². The van der Waals surface area contributed by atoms with Gasteiger partial charge in [0.2, 0.25) is 5.95 Å². The number of benzene rings is 1. The van der Waals surface area contributed by atoms with Gasteiger partial charge in [0, 0.05) is 43.6 Å². The van der Waals surface area contributed by atoms with Crippen LogP contribution in [0.3, 0.4) is 0 Å². The van der Waals surface area contributed by atoms with E-state index < -0.39 is 11.3 Å². The van der Waals surface area contributed by atoms with Gasteiger partial charge >= 0.3 is 0 Å². The fraction of sp³-hybridized carbons (Fsp3) is 0.471. The van der Waals surface area contributed by atoms with Gasteiger partial charge in [-0.2, -0.15) is 0 Å². The van der Waals surface area contributed by atoms with E-state index in [0.29, 0.717) is 12.5 Å². The smallest absolute Gasteiger partial charge is 0.205 e. The number of hydrogen-bond donors (Lipinski definition) is 1. The van der Waals surface area contributed by atoms with Crippen LogP contribution in [0.25, 0.3) is 0 Å². The number of imidazole rings is 1. The molecule has 3 rings (SSSR count). The Balaban J connectivity index is 1.58. The van der Waals surface area contributed by atoms with Crippen LogP contribution in [-0.4, -0.2) is 31.4 Å². The number of nitrogens with zero attached hydrogens (tertiary/aromatic N) is 3. The molecule has 6 nitrogen and oxygen atoms in total. The van der Waals surface area contributed by atoms with Gasteiger partial charge in [-0.25, -0.2) is 9.71 Å². The SMILES string of the molecule is Cc1cnc(N2CCC(c3ccc(CNS(=O)[O-])cc3)CC2)n1C. The van der Waals surface area contributed by atoms with Crippen LogP contribution in [0, 0.1) is 6.92 Å². The Morgan fingerprint density at radius 2 is 1.96 bits per heavy atom. The van der Waals surface area contributed by atoms with Crippen molar-refractivity contribution in [3.05, 3.63) is 47.3 Å². The summed E-state index contributed by atoms with van der Waals surface area (Å²) in [5.74, 6) is 1.61. The van der Waals surface area contributed by atoms with Crippen LogP contribution in [0.5, 0.6) is 0 Å². The lowest BCUT2D eigenvalue weighted by molar-refractivity contribution is 0.495. The van der Waals surface area contributed by atoms with E-state index in [1.807, 2.05) is 18.3 Å². The van der Waals surface area contributed by atoms with Crippen LogP contribution in [0.15, 0.2) is 30.5 Å². The standard InChI is InChI=1S/C17H24N4O2S/c1-13-11-18-17(20(13)2)21-9-7-16(8-10-21)15-5-3-14(4-6-15)12-19-24(22)23/h3-6,11,16,19H,7-10,12H2,1-2H3,(H,22,23)/p-1. The molecule has 1 saturated heterocycles. The van der Waals surface area contributed by atoms with Gasteiger partial charge in [-0.15, -0.1) is 0 Å². The molecule has 1 aliphatic heterocycles. The number of rotatable bonds is 5. The van der Waals surface area contributed by atoms with Crippen molar-refractivity contribution in [2.24, 2.45) is 7.05 Å². The predicted molar refractivity (Wildman–Crippen MR) is 94.3 cm³/mol. The molecule has 0 radical (unpaired) electrons. The van der Waals surface area contributed by atoms with E-state index in [9.17, 15) is 8.76 Å². The minimum absolute atomic E-state index is 0.341. The highest BCUT2D eigenvalue weighted by molar-refractivity contribution is 7.77. The Morgan fingerprint density at radius 1 is 1.29 bits per heavy atom. The lowest BCUT2D eigenvalue weighted by Crippen LogP contribution is -2.34. The van der Waals surface area contributed by atoms with E-state index in [1.165, 1.54) is 11.3 Å². The summed E-state index contributed by atoms with van der Waals surface area (Å²) in [6.45, 7) is 4.43. The molecule has 0 bridgehead atoms. The molecule has 1 atom stereocenters. The first-order valence-corrected chi connectivity index (χ1v) is 9.27. The predicted octanol–water partition coefficient (Wildman–Crippen LogP) is 2.00. The van der Waals surface area contributed by atoms with Gasteiger partial charge in [0.25, 0.3) is 0 Å². The molecule has 0 saturated carbocycles. The quantitative estimate of drug-likeness (QED) is 0.840. The van der Waals surface area contributed by atoms with Crippen LogP contribution in [0.2, 0.25) is 0 Å². The van der Waals surface area contributed by atoms with Crippen molar-refractivity contribution >= 4 is 17.2 Å². The van der Waals surface area contributed by atoms with Gasteiger partial charge in [-0.1, -0.05) is 24.3 Å². The summed E-state index contributed by atoms with van der Waals surface area (Å²) in [5.41, 5.74) is 3.48. The molecular weight excluding hydrogens is 324 g/mol. The molecule has 2 aromatic rings. The van der Waals surface area contributed by atoms with Crippen LogP contribution < -0.4 is 9.62 Å². The molecule has 1 fully saturated rings. The van der Waals surface area contributed by atoms with Gasteiger partial charge in [0.05, 0.1) is 6.20 Å². The van der Waals surface area contributed by atoms with Crippen LogP contribution in [-0.2, 0) is 24.9 Å². The van der Waals surface area contributed by atoms with E-state index >= 15 is 0 Å². The van der Waals surface area contributed by atoms with Crippen molar-refractivity contribution in [3.8, 4) is 0 Å². The fourth-order valence-electron chi connectivity index (χ4n) is 3.24. The van der Waals surface area contributed by atoms with Crippen LogP contribution >= 0.6 is 0 Å². The number of nitrogens with one attached hydrogen (secondary N) is 1. The largest absolute Gasteiger partial charge is 0.760 e. The molecule has 0 aliphatic carbocycles. The summed E-state index contributed by atoms with van der Waals surface area (Å²) >= 11 is -2.21. The molecule has 1 unspecified atom stereocenters. The zero-order valence-electron chi connectivity index (χ0n) is 14.1. The van der Waals surface area contributed by atoms with Crippen molar-refractivity contribution in [1.29, 1.82) is 0 Å². The van der Waals surface area contributed by atoms with E-state index in [-0.39, 0.29) is 0 Å². The minimum atomic E-state index is -2.21. The molecular formula is C17H23N4O2S-. The van der Waals surface area contributed by atoms with Crippen molar-refractivity contribution in [3.63, 3.8) is 0 Å². The summed E-state index contributed by atoms with van der Waals surface area (Å²) in [6.07, 6.45) is 4.13. The first kappa shape index (κ1) is 17.1. The third-order valence-electron chi connectivity index (χ3n) is 4.82. The summed E-state index contributed by atoms with van der Waals surface area (Å²) in [7, 11) is 2.06. The second-order valence-electron chi connectivity index (χ2n) is 6.32. The zero-order chi connectivity index (χ0) is 17.1. The van der Waals surface area contributed by atoms with Crippen molar-refractivity contribution in [2.45, 2.75) is 32.2 Å². The zero-order valence-corrected chi connectivity index (χ0v) is 14.9. The topological polar surface area (TPSA) is 73.2 Å². The van der Waals surface area contributed by atoms with E-state index in [4.69, 9.17) is 0 Å². The maximum absolute atomic E-state index is 10.5. The first-order chi connectivity index (χ1) is 11.5. The van der Waals surface area contributed by atoms with Gasteiger partial charge < -0.3 is 14.0 Å². The average molecular weight is 347 g/mol. The Hall–Kier alpha value is -1.70. The molecule has 130 valence electrons. The van der Waals surface area contributed by atoms with E-state index in [2.05, 4.69) is 45.3 Å². The van der Waals surface area contributed by atoms with Gasteiger partial charge in [0.15, 0.2) is 0 Å². The summed E-state index contributed by atoms with van der Waals surface area (Å²) in [6, 6.07) is 8.25. The summed E-state index contributed by atoms with van der Waals surface area (Å²) < 4.78 is 25.6. The molecule has 0 spiro atoms. The molecule has 0 amide bonds. The van der Waals surface area contributed by atoms with E-state index in [0.717, 1.165) is 37.4 Å². The maximum atomic E-state index is 10.5. The Morgan fingerprint density at radius 3 is 2.50 bits per heavy atom.